The second-order valence-electron chi connectivity index (χ2n) is 2.57. The number of benzene rings is 1. The number of aryl methyl sites for hydroxylation is 1. The van der Waals surface area contributed by atoms with Gasteiger partial charge in [-0.2, -0.15) is 0 Å². The molecule has 0 heterocycles. The van der Waals surface area contributed by atoms with Crippen LogP contribution >= 0.6 is 0 Å². The molecule has 0 aliphatic rings. The Morgan fingerprint density at radius 2 is 1.91 bits per heavy atom. The summed E-state index contributed by atoms with van der Waals surface area (Å²) in [5.74, 6) is 0.949. The molecule has 0 saturated carbocycles. The molecule has 1 nitrogen and oxygen atoms in total. The van der Waals surface area contributed by atoms with E-state index in [1.807, 2.05) is 12.1 Å². The van der Waals surface area contributed by atoms with Crippen molar-refractivity contribution in [3.05, 3.63) is 36.9 Å². The minimum absolute atomic E-state index is 0.949. The molecule has 0 spiro atoms. The average molecular weight is 150 g/mol. The molecule has 0 bridgehead atoms. The summed E-state index contributed by atoms with van der Waals surface area (Å²) in [4.78, 5) is 0. The fourth-order valence-electron chi connectivity index (χ4n) is 1.06. The SMILES string of the molecule is [CH2-][OH+]c1ccc(CCC)cc1. The molecule has 0 aliphatic carbocycles. The average Bonchev–Trinajstić information content (AvgIpc) is 2.07. The fraction of sp³-hybridized carbons (Fsp3) is 0.300. The van der Waals surface area contributed by atoms with E-state index in [1.165, 1.54) is 12.0 Å². The number of aromatic hydroxyl groups is 1. The molecule has 0 atom stereocenters. The summed E-state index contributed by atoms with van der Waals surface area (Å²) in [5, 5.41) is 0. The lowest BCUT2D eigenvalue weighted by Gasteiger charge is -2.03. The van der Waals surface area contributed by atoms with Crippen molar-refractivity contribution in [2.45, 2.75) is 19.8 Å². The van der Waals surface area contributed by atoms with Crippen LogP contribution in [-0.4, -0.2) is 4.74 Å². The van der Waals surface area contributed by atoms with Crippen molar-refractivity contribution in [3.63, 3.8) is 0 Å². The van der Waals surface area contributed by atoms with E-state index < -0.39 is 0 Å². The van der Waals surface area contributed by atoms with Crippen molar-refractivity contribution < 1.29 is 4.74 Å². The van der Waals surface area contributed by atoms with Gasteiger partial charge in [-0.25, -0.2) is 0 Å². The Kier molecular flexibility index (Phi) is 2.96. The molecule has 0 amide bonds. The third kappa shape index (κ3) is 2.26. The summed E-state index contributed by atoms with van der Waals surface area (Å²) in [6.45, 7) is 2.18. The first-order chi connectivity index (χ1) is 5.36. The van der Waals surface area contributed by atoms with Crippen LogP contribution in [-0.2, 0) is 6.42 Å². The lowest BCUT2D eigenvalue weighted by molar-refractivity contribution is 0.186. The Balaban J connectivity index is 2.66. The van der Waals surface area contributed by atoms with Gasteiger partial charge in [0, 0.05) is 12.1 Å². The number of ether oxygens (including phenoxy) is 1. The third-order valence-electron chi connectivity index (χ3n) is 1.66. The lowest BCUT2D eigenvalue weighted by Crippen LogP contribution is -1.82. The molecule has 1 aromatic carbocycles. The van der Waals surface area contributed by atoms with Crippen molar-refractivity contribution in [2.75, 3.05) is 0 Å². The quantitative estimate of drug-likeness (QED) is 0.464. The van der Waals surface area contributed by atoms with Gasteiger partial charge in [-0.05, 0) is 19.1 Å². The second kappa shape index (κ2) is 4.02. The summed E-state index contributed by atoms with van der Waals surface area (Å²) in [5.41, 5.74) is 1.37. The Labute approximate surface area is 68.0 Å². The van der Waals surface area contributed by atoms with Crippen molar-refractivity contribution in [2.24, 2.45) is 0 Å². The zero-order chi connectivity index (χ0) is 8.10. The number of aliphatic hydroxyl groups is 1. The standard InChI is InChI=1S/C10H14O/c1-3-4-9-5-7-10(11-2)8-6-9/h5-8,11H,2-4H2,1H3. The van der Waals surface area contributed by atoms with Crippen LogP contribution in [0, 0.1) is 7.11 Å². The van der Waals surface area contributed by atoms with Gasteiger partial charge in [-0.1, -0.05) is 25.5 Å². The third-order valence-corrected chi connectivity index (χ3v) is 1.66. The molecule has 1 rings (SSSR count). The van der Waals surface area contributed by atoms with Crippen LogP contribution in [0.15, 0.2) is 24.3 Å². The monoisotopic (exact) mass is 150 g/mol. The van der Waals surface area contributed by atoms with E-state index in [0.717, 1.165) is 12.2 Å². The van der Waals surface area contributed by atoms with Crippen LogP contribution in [0.1, 0.15) is 18.9 Å². The van der Waals surface area contributed by atoms with Crippen molar-refractivity contribution in [3.8, 4) is 5.75 Å². The van der Waals surface area contributed by atoms with E-state index in [4.69, 9.17) is 0 Å². The minimum Gasteiger partial charge on any atom is -0.722 e. The number of hydrogen-bond acceptors (Lipinski definition) is 0. The highest BCUT2D eigenvalue weighted by Crippen LogP contribution is 2.13. The van der Waals surface area contributed by atoms with Crippen LogP contribution in [0.25, 0.3) is 0 Å². The highest BCUT2D eigenvalue weighted by molar-refractivity contribution is 5.26. The van der Waals surface area contributed by atoms with Crippen molar-refractivity contribution in [1.82, 2.24) is 0 Å². The van der Waals surface area contributed by atoms with Crippen molar-refractivity contribution >= 4 is 0 Å². The molecule has 0 saturated heterocycles. The van der Waals surface area contributed by atoms with Gasteiger partial charge in [0.05, 0.1) is 0 Å². The first kappa shape index (κ1) is 8.12. The topological polar surface area (TPSA) is 12.8 Å². The van der Waals surface area contributed by atoms with Gasteiger partial charge in [0.2, 0.25) is 5.75 Å². The predicted octanol–water partition coefficient (Wildman–Crippen LogP) is 2.67. The number of rotatable bonds is 3. The molecule has 1 aromatic rings. The summed E-state index contributed by atoms with van der Waals surface area (Å²) >= 11 is 0. The Hall–Kier alpha value is -0.980. The maximum absolute atomic E-state index is 3.82. The maximum Gasteiger partial charge on any atom is 0.225 e. The van der Waals surface area contributed by atoms with Gasteiger partial charge in [-0.3, -0.25) is 0 Å². The zero-order valence-corrected chi connectivity index (χ0v) is 6.88. The van der Waals surface area contributed by atoms with Gasteiger partial charge < -0.3 is 4.74 Å². The van der Waals surface area contributed by atoms with E-state index in [1.54, 1.807) is 0 Å². The molecule has 1 heteroatoms. The highest BCUT2D eigenvalue weighted by Gasteiger charge is 1.93. The summed E-state index contributed by atoms with van der Waals surface area (Å²) in [6.07, 6.45) is 2.35. The van der Waals surface area contributed by atoms with Gasteiger partial charge >= 0.3 is 0 Å². The first-order valence-corrected chi connectivity index (χ1v) is 3.92. The second-order valence-corrected chi connectivity index (χ2v) is 2.57. The summed E-state index contributed by atoms with van der Waals surface area (Å²) in [7, 11) is 3.46. The molecule has 0 aliphatic heterocycles. The van der Waals surface area contributed by atoms with E-state index >= 15 is 0 Å². The van der Waals surface area contributed by atoms with Crippen LogP contribution in [0.3, 0.4) is 0 Å². The summed E-state index contributed by atoms with van der Waals surface area (Å²) in [6, 6.07) is 8.21. The van der Waals surface area contributed by atoms with Gasteiger partial charge in [0.15, 0.2) is 0 Å². The van der Waals surface area contributed by atoms with Gasteiger partial charge in [0.25, 0.3) is 0 Å². The van der Waals surface area contributed by atoms with E-state index in [-0.39, 0.29) is 0 Å². The molecule has 60 valence electrons. The van der Waals surface area contributed by atoms with E-state index in [9.17, 15) is 0 Å². The first-order valence-electron chi connectivity index (χ1n) is 3.92. The molecular weight excluding hydrogens is 136 g/mol. The van der Waals surface area contributed by atoms with Crippen molar-refractivity contribution in [1.29, 1.82) is 0 Å². The Morgan fingerprint density at radius 3 is 2.36 bits per heavy atom. The van der Waals surface area contributed by atoms with E-state index in [0.29, 0.717) is 0 Å². The normalized spacial score (nSPS) is 9.64. The lowest BCUT2D eigenvalue weighted by atomic mass is 10.1. The molecule has 0 radical (unpaired) electrons. The van der Waals surface area contributed by atoms with Gasteiger partial charge in [0.1, 0.15) is 0 Å². The molecule has 1 N–H and O–H groups in total. The van der Waals surface area contributed by atoms with Gasteiger partial charge in [-0.15, -0.1) is 0 Å². The van der Waals surface area contributed by atoms with Crippen LogP contribution in [0.4, 0.5) is 0 Å². The minimum atomic E-state index is 0.949. The highest BCUT2D eigenvalue weighted by atomic mass is 16.5. The summed E-state index contributed by atoms with van der Waals surface area (Å²) < 4.78 is 3.82. The molecule has 0 fully saturated rings. The Morgan fingerprint density at radius 1 is 1.27 bits per heavy atom. The maximum atomic E-state index is 3.82. The molecular formula is C10H14O. The van der Waals surface area contributed by atoms with Crippen LogP contribution < -0.4 is 0 Å². The molecule has 0 aromatic heterocycles. The fourth-order valence-corrected chi connectivity index (χ4v) is 1.06. The molecule has 11 heavy (non-hydrogen) atoms. The number of hydrogen-bond donors (Lipinski definition) is 0. The van der Waals surface area contributed by atoms with E-state index in [2.05, 4.69) is 30.9 Å². The largest absolute Gasteiger partial charge is 0.722 e. The smallest absolute Gasteiger partial charge is 0.225 e. The Bertz CT molecular complexity index is 201. The predicted molar refractivity (Wildman–Crippen MR) is 47.5 cm³/mol. The van der Waals surface area contributed by atoms with Crippen LogP contribution in [0.2, 0.25) is 0 Å². The van der Waals surface area contributed by atoms with Crippen LogP contribution in [0.5, 0.6) is 5.75 Å². The zero-order valence-electron chi connectivity index (χ0n) is 6.88. The molecule has 0 unspecified atom stereocenters.